The van der Waals surface area contributed by atoms with E-state index in [4.69, 9.17) is 14.2 Å². The van der Waals surface area contributed by atoms with Crippen LogP contribution in [0, 0.1) is 0 Å². The number of ketones is 1. The van der Waals surface area contributed by atoms with Crippen molar-refractivity contribution in [1.29, 1.82) is 0 Å². The third-order valence-corrected chi connectivity index (χ3v) is 4.48. The third-order valence-electron chi connectivity index (χ3n) is 4.48. The van der Waals surface area contributed by atoms with E-state index in [1.54, 1.807) is 25.1 Å². The van der Waals surface area contributed by atoms with E-state index in [-0.39, 0.29) is 5.78 Å². The number of benzene rings is 2. The van der Waals surface area contributed by atoms with Gasteiger partial charge in [0.05, 0.1) is 7.11 Å². The van der Waals surface area contributed by atoms with E-state index < -0.39 is 18.2 Å². The van der Waals surface area contributed by atoms with Gasteiger partial charge in [-0.2, -0.15) is 0 Å². The van der Waals surface area contributed by atoms with Gasteiger partial charge in [0.2, 0.25) is 0 Å². The van der Waals surface area contributed by atoms with Crippen LogP contribution in [0.5, 0.6) is 11.5 Å². The molecule has 2 atom stereocenters. The van der Waals surface area contributed by atoms with Crippen molar-refractivity contribution in [2.24, 2.45) is 0 Å². The topological polar surface area (TPSA) is 61.8 Å². The van der Waals surface area contributed by atoms with E-state index >= 15 is 0 Å². The number of methoxy groups -OCH3 is 1. The first-order valence-electron chi connectivity index (χ1n) is 8.89. The van der Waals surface area contributed by atoms with Crippen LogP contribution >= 0.6 is 0 Å². The van der Waals surface area contributed by atoms with Crippen LogP contribution in [0.15, 0.2) is 60.7 Å². The maximum Gasteiger partial charge on any atom is 0.331 e. The van der Waals surface area contributed by atoms with Crippen LogP contribution in [0.25, 0.3) is 6.08 Å². The molecule has 5 nitrogen and oxygen atoms in total. The molecule has 2 aromatic rings. The van der Waals surface area contributed by atoms with Gasteiger partial charge in [0.1, 0.15) is 0 Å². The van der Waals surface area contributed by atoms with Crippen LogP contribution in [0.1, 0.15) is 41.4 Å². The van der Waals surface area contributed by atoms with Crippen LogP contribution in [0.2, 0.25) is 0 Å². The van der Waals surface area contributed by atoms with E-state index in [1.807, 2.05) is 30.3 Å². The van der Waals surface area contributed by atoms with Gasteiger partial charge in [0.25, 0.3) is 0 Å². The Hall–Kier alpha value is -3.34. The van der Waals surface area contributed by atoms with Crippen LogP contribution in [-0.2, 0) is 9.53 Å². The summed E-state index contributed by atoms with van der Waals surface area (Å²) in [4.78, 5) is 24.3. The van der Waals surface area contributed by atoms with E-state index in [2.05, 4.69) is 6.58 Å². The molecule has 5 heteroatoms. The molecule has 0 bridgehead atoms. The fourth-order valence-electron chi connectivity index (χ4n) is 3.05. The second-order valence-electron chi connectivity index (χ2n) is 6.64. The molecule has 1 aliphatic rings. The molecule has 1 aliphatic heterocycles. The molecule has 28 heavy (non-hydrogen) atoms. The summed E-state index contributed by atoms with van der Waals surface area (Å²) in [7, 11) is 1.50. The number of carbonyl (C=O) groups is 2. The highest BCUT2D eigenvalue weighted by atomic mass is 16.6. The van der Waals surface area contributed by atoms with E-state index in [0.29, 0.717) is 28.2 Å². The van der Waals surface area contributed by atoms with Gasteiger partial charge >= 0.3 is 5.97 Å². The van der Waals surface area contributed by atoms with Gasteiger partial charge in [-0.3, -0.25) is 4.79 Å². The number of hydrogen-bond acceptors (Lipinski definition) is 5. The summed E-state index contributed by atoms with van der Waals surface area (Å²) < 4.78 is 17.0. The first-order valence-corrected chi connectivity index (χ1v) is 8.89. The summed E-state index contributed by atoms with van der Waals surface area (Å²) in [6, 6.07) is 12.8. The van der Waals surface area contributed by atoms with Crippen LogP contribution in [0.3, 0.4) is 0 Å². The van der Waals surface area contributed by atoms with Gasteiger partial charge in [-0.05, 0) is 43.2 Å². The van der Waals surface area contributed by atoms with Gasteiger partial charge < -0.3 is 14.2 Å². The van der Waals surface area contributed by atoms with Crippen molar-refractivity contribution in [3.05, 3.63) is 77.4 Å². The minimum absolute atomic E-state index is 0.117. The molecular formula is C23H22O5. The zero-order chi connectivity index (χ0) is 20.3. The minimum atomic E-state index is -0.714. The summed E-state index contributed by atoms with van der Waals surface area (Å²) in [5, 5.41) is 0. The van der Waals surface area contributed by atoms with Gasteiger partial charge in [0, 0.05) is 17.2 Å². The molecular weight excluding hydrogens is 356 g/mol. The molecule has 144 valence electrons. The molecule has 0 amide bonds. The Morgan fingerprint density at radius 3 is 2.46 bits per heavy atom. The lowest BCUT2D eigenvalue weighted by Crippen LogP contribution is -2.23. The lowest BCUT2D eigenvalue weighted by atomic mass is 9.99. The summed E-state index contributed by atoms with van der Waals surface area (Å²) >= 11 is 0. The number of carbonyl (C=O) groups excluding carboxylic acids is 2. The molecule has 0 aromatic heterocycles. The van der Waals surface area contributed by atoms with Crippen molar-refractivity contribution < 1.29 is 23.8 Å². The van der Waals surface area contributed by atoms with Crippen LogP contribution in [-0.4, -0.2) is 25.0 Å². The molecule has 0 fully saturated rings. The summed E-state index contributed by atoms with van der Waals surface area (Å²) in [5.74, 6) is 0.260. The Bertz CT molecular complexity index is 943. The maximum absolute atomic E-state index is 12.4. The standard InChI is InChI=1S/C23H22O5/c1-14(2)21-23(27-20(25)11-10-16-8-6-5-7-9-16)18-12-17(15(3)24)13-19(26-4)22(18)28-21/h5-13,21,23H,1H2,2-4H3. The average Bonchev–Trinajstić information content (AvgIpc) is 3.05. The molecule has 0 radical (unpaired) electrons. The number of rotatable bonds is 6. The Kier molecular flexibility index (Phi) is 5.64. The minimum Gasteiger partial charge on any atom is -0.493 e. The zero-order valence-corrected chi connectivity index (χ0v) is 16.1. The maximum atomic E-state index is 12.4. The third kappa shape index (κ3) is 3.98. The lowest BCUT2D eigenvalue weighted by Gasteiger charge is -2.19. The zero-order valence-electron chi connectivity index (χ0n) is 16.1. The molecule has 2 aromatic carbocycles. The van der Waals surface area contributed by atoms with Crippen LogP contribution < -0.4 is 9.47 Å². The average molecular weight is 378 g/mol. The number of esters is 1. The second-order valence-corrected chi connectivity index (χ2v) is 6.64. The number of fused-ring (bicyclic) bond motifs is 1. The molecule has 3 rings (SSSR count). The van der Waals surface area contributed by atoms with Crippen molar-refractivity contribution >= 4 is 17.8 Å². The molecule has 0 N–H and O–H groups in total. The molecule has 2 unspecified atom stereocenters. The highest BCUT2D eigenvalue weighted by Crippen LogP contribution is 2.47. The predicted molar refractivity (Wildman–Crippen MR) is 107 cm³/mol. The highest BCUT2D eigenvalue weighted by molar-refractivity contribution is 5.95. The van der Waals surface area contributed by atoms with Crippen molar-refractivity contribution in [2.45, 2.75) is 26.1 Å². The second kappa shape index (κ2) is 8.13. The van der Waals surface area contributed by atoms with Crippen molar-refractivity contribution in [3.63, 3.8) is 0 Å². The molecule has 0 saturated carbocycles. The van der Waals surface area contributed by atoms with Crippen molar-refractivity contribution in [3.8, 4) is 11.5 Å². The van der Waals surface area contributed by atoms with E-state index in [0.717, 1.165) is 5.56 Å². The van der Waals surface area contributed by atoms with Gasteiger partial charge in [-0.25, -0.2) is 4.79 Å². The fraction of sp³-hybridized carbons (Fsp3) is 0.217. The number of ether oxygens (including phenoxy) is 3. The molecule has 0 aliphatic carbocycles. The van der Waals surface area contributed by atoms with Gasteiger partial charge in [-0.1, -0.05) is 36.9 Å². The first-order chi connectivity index (χ1) is 13.4. The van der Waals surface area contributed by atoms with Crippen molar-refractivity contribution in [1.82, 2.24) is 0 Å². The van der Waals surface area contributed by atoms with Gasteiger partial charge in [0.15, 0.2) is 29.5 Å². The summed E-state index contributed by atoms with van der Waals surface area (Å²) in [6.45, 7) is 7.21. The molecule has 0 saturated heterocycles. The Morgan fingerprint density at radius 1 is 1.14 bits per heavy atom. The Labute approximate surface area is 164 Å². The smallest absolute Gasteiger partial charge is 0.331 e. The van der Waals surface area contributed by atoms with Crippen LogP contribution in [0.4, 0.5) is 0 Å². The van der Waals surface area contributed by atoms with Gasteiger partial charge in [-0.15, -0.1) is 0 Å². The number of Topliss-reactive ketones (excluding diaryl/α,β-unsaturated/α-hetero) is 1. The molecule has 1 heterocycles. The summed E-state index contributed by atoms with van der Waals surface area (Å²) in [6.07, 6.45) is 1.78. The first kappa shape index (κ1) is 19.4. The van der Waals surface area contributed by atoms with Crippen molar-refractivity contribution in [2.75, 3.05) is 7.11 Å². The normalized spacial score (nSPS) is 17.7. The highest BCUT2D eigenvalue weighted by Gasteiger charge is 2.40. The van der Waals surface area contributed by atoms with E-state index in [1.165, 1.54) is 20.1 Å². The SMILES string of the molecule is C=C(C)C1Oc2c(OC)cc(C(C)=O)cc2C1OC(=O)C=Cc1ccccc1. The Balaban J connectivity index is 1.92. The molecule has 0 spiro atoms. The van der Waals surface area contributed by atoms with E-state index in [9.17, 15) is 9.59 Å². The Morgan fingerprint density at radius 2 is 1.86 bits per heavy atom. The monoisotopic (exact) mass is 378 g/mol. The summed E-state index contributed by atoms with van der Waals surface area (Å²) in [5.41, 5.74) is 2.65. The fourth-order valence-corrected chi connectivity index (χ4v) is 3.05. The largest absolute Gasteiger partial charge is 0.493 e. The quantitative estimate of drug-likeness (QED) is 0.320. The number of hydrogen-bond donors (Lipinski definition) is 0. The lowest BCUT2D eigenvalue weighted by molar-refractivity contribution is -0.145. The predicted octanol–water partition coefficient (Wildman–Crippen LogP) is 4.53.